The SMILES string of the molecule is CC12CCC3c4ccc(O)cc4CCC3C1CC(=Cc1cccc(C(N)=O)c1)C2=O. The van der Waals surface area contributed by atoms with Crippen LogP contribution >= 0.6 is 0 Å². The van der Waals surface area contributed by atoms with E-state index >= 15 is 0 Å². The second-order valence-corrected chi connectivity index (χ2v) is 9.45. The van der Waals surface area contributed by atoms with Crippen molar-refractivity contribution < 1.29 is 14.7 Å². The van der Waals surface area contributed by atoms with Crippen LogP contribution in [0, 0.1) is 17.3 Å². The van der Waals surface area contributed by atoms with E-state index < -0.39 is 5.91 Å². The molecule has 0 bridgehead atoms. The molecule has 2 fully saturated rings. The molecule has 4 nitrogen and oxygen atoms in total. The van der Waals surface area contributed by atoms with E-state index in [2.05, 4.69) is 13.0 Å². The predicted octanol–water partition coefficient (Wildman–Crippen LogP) is 4.61. The molecule has 0 heterocycles. The number of amides is 1. The molecule has 3 N–H and O–H groups in total. The number of hydrogen-bond donors (Lipinski definition) is 2. The maximum atomic E-state index is 13.5. The molecule has 0 radical (unpaired) electrons. The number of rotatable bonds is 2. The number of allylic oxidation sites excluding steroid dienone is 1. The molecule has 0 saturated heterocycles. The van der Waals surface area contributed by atoms with E-state index in [4.69, 9.17) is 5.73 Å². The first-order valence-electron chi connectivity index (χ1n) is 10.8. The average molecular weight is 402 g/mol. The summed E-state index contributed by atoms with van der Waals surface area (Å²) in [5, 5.41) is 9.86. The Kier molecular flexibility index (Phi) is 4.35. The quantitative estimate of drug-likeness (QED) is 0.721. The van der Waals surface area contributed by atoms with Crippen molar-refractivity contribution >= 4 is 17.8 Å². The van der Waals surface area contributed by atoms with Crippen molar-refractivity contribution in [3.05, 3.63) is 70.3 Å². The van der Waals surface area contributed by atoms with Gasteiger partial charge in [-0.25, -0.2) is 0 Å². The topological polar surface area (TPSA) is 80.4 Å². The third-order valence-corrected chi connectivity index (χ3v) is 7.86. The van der Waals surface area contributed by atoms with E-state index in [1.165, 1.54) is 11.1 Å². The lowest BCUT2D eigenvalue weighted by atomic mass is 9.55. The monoisotopic (exact) mass is 401 g/mol. The van der Waals surface area contributed by atoms with Gasteiger partial charge in [0, 0.05) is 11.0 Å². The summed E-state index contributed by atoms with van der Waals surface area (Å²) in [6, 6.07) is 13.0. The number of phenols is 1. The van der Waals surface area contributed by atoms with Gasteiger partial charge in [-0.05, 0) is 102 Å². The number of primary amides is 1. The minimum atomic E-state index is -0.455. The van der Waals surface area contributed by atoms with E-state index in [0.717, 1.165) is 43.2 Å². The molecule has 2 saturated carbocycles. The van der Waals surface area contributed by atoms with Crippen molar-refractivity contribution in [1.29, 1.82) is 0 Å². The zero-order chi connectivity index (χ0) is 21.0. The Balaban J connectivity index is 1.48. The van der Waals surface area contributed by atoms with Crippen LogP contribution in [-0.2, 0) is 11.2 Å². The first-order valence-corrected chi connectivity index (χ1v) is 10.8. The van der Waals surface area contributed by atoms with Crippen molar-refractivity contribution in [2.75, 3.05) is 0 Å². The molecule has 1 amide bonds. The Morgan fingerprint density at radius 1 is 1.20 bits per heavy atom. The second-order valence-electron chi connectivity index (χ2n) is 9.45. The summed E-state index contributed by atoms with van der Waals surface area (Å²) in [7, 11) is 0. The van der Waals surface area contributed by atoms with Gasteiger partial charge in [0.1, 0.15) is 5.75 Å². The van der Waals surface area contributed by atoms with Crippen molar-refractivity contribution in [1.82, 2.24) is 0 Å². The van der Waals surface area contributed by atoms with E-state index in [-0.39, 0.29) is 11.2 Å². The van der Waals surface area contributed by atoms with Crippen LogP contribution in [0.5, 0.6) is 5.75 Å². The molecule has 30 heavy (non-hydrogen) atoms. The van der Waals surface area contributed by atoms with Crippen LogP contribution in [0.15, 0.2) is 48.0 Å². The molecular formula is C26H27NO3. The molecule has 4 unspecified atom stereocenters. The smallest absolute Gasteiger partial charge is 0.248 e. The van der Waals surface area contributed by atoms with Crippen LogP contribution in [0.3, 0.4) is 0 Å². The lowest BCUT2D eigenvalue weighted by Crippen LogP contribution is -2.42. The summed E-state index contributed by atoms with van der Waals surface area (Å²) in [5.74, 6) is 1.46. The highest BCUT2D eigenvalue weighted by molar-refractivity contribution is 6.06. The summed E-state index contributed by atoms with van der Waals surface area (Å²) in [4.78, 5) is 25.0. The largest absolute Gasteiger partial charge is 0.508 e. The molecule has 2 aromatic carbocycles. The fourth-order valence-electron chi connectivity index (χ4n) is 6.35. The van der Waals surface area contributed by atoms with Crippen LogP contribution in [0.1, 0.15) is 65.6 Å². The first kappa shape index (κ1) is 19.1. The number of carbonyl (C=O) groups excluding carboxylic acids is 2. The number of carbonyl (C=O) groups is 2. The minimum absolute atomic E-state index is 0.270. The Bertz CT molecular complexity index is 1090. The zero-order valence-corrected chi connectivity index (χ0v) is 17.2. The van der Waals surface area contributed by atoms with Crippen LogP contribution in [0.2, 0.25) is 0 Å². The normalized spacial score (nSPS) is 31.2. The molecule has 2 aromatic rings. The highest BCUT2D eigenvalue weighted by atomic mass is 16.3. The maximum absolute atomic E-state index is 13.5. The lowest BCUT2D eigenvalue weighted by molar-refractivity contribution is -0.127. The number of benzene rings is 2. The minimum Gasteiger partial charge on any atom is -0.508 e. The molecule has 3 aliphatic carbocycles. The number of fused-ring (bicyclic) bond motifs is 5. The van der Waals surface area contributed by atoms with E-state index in [1.54, 1.807) is 18.2 Å². The number of nitrogens with two attached hydrogens (primary N) is 1. The summed E-state index contributed by atoms with van der Waals surface area (Å²) in [6.45, 7) is 2.16. The Labute approximate surface area is 176 Å². The number of phenolic OH excluding ortho intramolecular Hbond substituents is 1. The third kappa shape index (κ3) is 2.89. The van der Waals surface area contributed by atoms with Crippen LogP contribution in [0.25, 0.3) is 6.08 Å². The van der Waals surface area contributed by atoms with Crippen LogP contribution in [0.4, 0.5) is 0 Å². The van der Waals surface area contributed by atoms with Gasteiger partial charge >= 0.3 is 0 Å². The molecule has 0 aromatic heterocycles. The van der Waals surface area contributed by atoms with Crippen LogP contribution < -0.4 is 5.73 Å². The highest BCUT2D eigenvalue weighted by Crippen LogP contribution is 2.60. The van der Waals surface area contributed by atoms with Crippen molar-refractivity contribution in [3.63, 3.8) is 0 Å². The van der Waals surface area contributed by atoms with E-state index in [0.29, 0.717) is 29.1 Å². The molecular weight excluding hydrogens is 374 g/mol. The predicted molar refractivity (Wildman–Crippen MR) is 116 cm³/mol. The number of Topliss-reactive ketones (excluding diaryl/α,β-unsaturated/α-hetero) is 1. The third-order valence-electron chi connectivity index (χ3n) is 7.86. The summed E-state index contributed by atoms with van der Waals surface area (Å²) < 4.78 is 0. The molecule has 4 heteroatoms. The van der Waals surface area contributed by atoms with Gasteiger partial charge < -0.3 is 10.8 Å². The summed E-state index contributed by atoms with van der Waals surface area (Å²) in [6.07, 6.45) is 6.71. The number of aromatic hydroxyl groups is 1. The highest BCUT2D eigenvalue weighted by Gasteiger charge is 2.56. The van der Waals surface area contributed by atoms with E-state index in [9.17, 15) is 14.7 Å². The molecule has 4 atom stereocenters. The van der Waals surface area contributed by atoms with Gasteiger partial charge in [-0.3, -0.25) is 9.59 Å². The molecule has 0 aliphatic heterocycles. The Hall–Kier alpha value is -2.88. The number of hydrogen-bond acceptors (Lipinski definition) is 3. The van der Waals surface area contributed by atoms with Crippen molar-refractivity contribution in [3.8, 4) is 5.75 Å². The number of aryl methyl sites for hydroxylation is 1. The number of ketones is 1. The Morgan fingerprint density at radius 3 is 2.83 bits per heavy atom. The summed E-state index contributed by atoms with van der Waals surface area (Å²) in [5.41, 5.74) is 9.94. The molecule has 5 rings (SSSR count). The molecule has 0 spiro atoms. The molecule has 154 valence electrons. The van der Waals surface area contributed by atoms with Gasteiger partial charge in [0.2, 0.25) is 5.91 Å². The fraction of sp³-hybridized carbons (Fsp3) is 0.385. The van der Waals surface area contributed by atoms with Gasteiger partial charge in [0.05, 0.1) is 0 Å². The van der Waals surface area contributed by atoms with Crippen LogP contribution in [-0.4, -0.2) is 16.8 Å². The average Bonchev–Trinajstić information content (AvgIpc) is 2.98. The van der Waals surface area contributed by atoms with Gasteiger partial charge in [-0.1, -0.05) is 25.1 Å². The van der Waals surface area contributed by atoms with Gasteiger partial charge in [-0.2, -0.15) is 0 Å². The Morgan fingerprint density at radius 2 is 2.03 bits per heavy atom. The fourth-order valence-corrected chi connectivity index (χ4v) is 6.35. The second kappa shape index (κ2) is 6.83. The summed E-state index contributed by atoms with van der Waals surface area (Å²) >= 11 is 0. The van der Waals surface area contributed by atoms with Crippen molar-refractivity contribution in [2.45, 2.75) is 44.9 Å². The standard InChI is InChI=1S/C26H27NO3/c1-26-10-9-21-20-8-6-19(28)13-16(20)5-7-22(21)23(26)14-18(24(26)29)12-15-3-2-4-17(11-15)25(27)30/h2-4,6,8,11-13,21-23,28H,5,7,9-10,14H2,1H3,(H2,27,30). The molecule has 3 aliphatic rings. The maximum Gasteiger partial charge on any atom is 0.248 e. The first-order chi connectivity index (χ1) is 14.4. The van der Waals surface area contributed by atoms with Gasteiger partial charge in [0.25, 0.3) is 0 Å². The van der Waals surface area contributed by atoms with Crippen molar-refractivity contribution in [2.24, 2.45) is 23.0 Å². The van der Waals surface area contributed by atoms with E-state index in [1.807, 2.05) is 24.3 Å². The van der Waals surface area contributed by atoms with Gasteiger partial charge in [0.15, 0.2) is 5.78 Å². The lowest BCUT2D eigenvalue weighted by Gasteiger charge is -2.48. The van der Waals surface area contributed by atoms with Gasteiger partial charge in [-0.15, -0.1) is 0 Å². The zero-order valence-electron chi connectivity index (χ0n) is 17.2.